The van der Waals surface area contributed by atoms with Crippen molar-refractivity contribution in [1.29, 1.82) is 0 Å². The molecule has 0 unspecified atom stereocenters. The third-order valence-corrected chi connectivity index (χ3v) is 4.14. The highest BCUT2D eigenvalue weighted by Gasteiger charge is 2.22. The molecule has 0 spiro atoms. The summed E-state index contributed by atoms with van der Waals surface area (Å²) in [6.07, 6.45) is 3.21. The summed E-state index contributed by atoms with van der Waals surface area (Å²) in [7, 11) is 1.39. The van der Waals surface area contributed by atoms with E-state index in [4.69, 9.17) is 9.47 Å². The van der Waals surface area contributed by atoms with Gasteiger partial charge in [-0.2, -0.15) is 0 Å². The Morgan fingerprint density at radius 1 is 1.55 bits per heavy atom. The van der Waals surface area contributed by atoms with Crippen LogP contribution in [0, 0.1) is 0 Å². The highest BCUT2D eigenvalue weighted by atomic mass is 32.1. The number of pyridine rings is 1. The van der Waals surface area contributed by atoms with Crippen LogP contribution in [0.25, 0.3) is 0 Å². The number of aromatic nitrogens is 3. The maximum Gasteiger partial charge on any atom is 0.274 e. The number of amides is 1. The molecule has 22 heavy (non-hydrogen) atoms. The number of nitrogens with zero attached hydrogens (tertiary/aromatic N) is 2. The number of rotatable bonds is 4. The van der Waals surface area contributed by atoms with Crippen molar-refractivity contribution in [3.8, 4) is 5.75 Å². The molecular weight excluding hydrogens is 308 g/mol. The molecule has 1 aliphatic heterocycles. The Kier molecular flexibility index (Phi) is 4.16. The molecule has 1 saturated heterocycles. The van der Waals surface area contributed by atoms with Gasteiger partial charge in [-0.1, -0.05) is 11.3 Å². The molecule has 1 fully saturated rings. The SMILES string of the molecule is COc1c[nH]c(C(=O)Nc2nnc([C@@H]3CCCO3)s2)cc1=O. The Bertz CT molecular complexity index is 736. The molecule has 2 aromatic rings. The van der Waals surface area contributed by atoms with Crippen molar-refractivity contribution in [2.45, 2.75) is 18.9 Å². The van der Waals surface area contributed by atoms with Crippen molar-refractivity contribution in [2.75, 3.05) is 19.0 Å². The van der Waals surface area contributed by atoms with E-state index >= 15 is 0 Å². The Morgan fingerprint density at radius 2 is 2.41 bits per heavy atom. The van der Waals surface area contributed by atoms with Gasteiger partial charge in [0.1, 0.15) is 16.8 Å². The van der Waals surface area contributed by atoms with Crippen LogP contribution in [-0.2, 0) is 4.74 Å². The van der Waals surface area contributed by atoms with E-state index in [0.29, 0.717) is 5.13 Å². The van der Waals surface area contributed by atoms with Crippen LogP contribution in [0.4, 0.5) is 5.13 Å². The minimum Gasteiger partial charge on any atom is -0.491 e. The van der Waals surface area contributed by atoms with Gasteiger partial charge >= 0.3 is 0 Å². The summed E-state index contributed by atoms with van der Waals surface area (Å²) in [6.45, 7) is 0.721. The molecule has 1 atom stereocenters. The average Bonchev–Trinajstić information content (AvgIpc) is 3.17. The van der Waals surface area contributed by atoms with Crippen molar-refractivity contribution in [3.05, 3.63) is 33.2 Å². The minimum absolute atomic E-state index is 0.0380. The van der Waals surface area contributed by atoms with E-state index in [1.807, 2.05) is 0 Å². The second kappa shape index (κ2) is 6.24. The molecule has 0 bridgehead atoms. The van der Waals surface area contributed by atoms with Gasteiger partial charge in [0, 0.05) is 18.9 Å². The van der Waals surface area contributed by atoms with Crippen LogP contribution in [0.2, 0.25) is 0 Å². The van der Waals surface area contributed by atoms with Gasteiger partial charge in [0.15, 0.2) is 5.75 Å². The van der Waals surface area contributed by atoms with E-state index in [0.717, 1.165) is 24.5 Å². The lowest BCUT2D eigenvalue weighted by Crippen LogP contribution is -2.17. The number of carbonyl (C=O) groups excluding carboxylic acids is 1. The zero-order valence-corrected chi connectivity index (χ0v) is 12.6. The molecule has 2 N–H and O–H groups in total. The van der Waals surface area contributed by atoms with Crippen molar-refractivity contribution in [2.24, 2.45) is 0 Å². The number of methoxy groups -OCH3 is 1. The van der Waals surface area contributed by atoms with E-state index in [-0.39, 0.29) is 23.0 Å². The van der Waals surface area contributed by atoms with E-state index < -0.39 is 5.91 Å². The summed E-state index contributed by atoms with van der Waals surface area (Å²) in [5.74, 6) is -0.317. The van der Waals surface area contributed by atoms with Gasteiger partial charge in [0.05, 0.1) is 7.11 Å². The van der Waals surface area contributed by atoms with E-state index in [2.05, 4.69) is 20.5 Å². The fourth-order valence-corrected chi connectivity index (χ4v) is 2.92. The largest absolute Gasteiger partial charge is 0.491 e. The third kappa shape index (κ3) is 3.00. The quantitative estimate of drug-likeness (QED) is 0.880. The number of H-pyrrole nitrogens is 1. The Labute approximate surface area is 129 Å². The van der Waals surface area contributed by atoms with Crippen molar-refractivity contribution in [3.63, 3.8) is 0 Å². The standard InChI is InChI=1S/C13H14N4O4S/c1-20-10-6-14-7(5-8(10)18)11(19)15-13-17-16-12(22-13)9-3-2-4-21-9/h5-6,9H,2-4H2,1H3,(H,14,18)(H,15,17,19)/t9-/m0/s1. The smallest absolute Gasteiger partial charge is 0.274 e. The molecule has 0 saturated carbocycles. The van der Waals surface area contributed by atoms with Gasteiger partial charge in [-0.3, -0.25) is 14.9 Å². The molecule has 9 heteroatoms. The topological polar surface area (TPSA) is 106 Å². The molecule has 1 amide bonds. The lowest BCUT2D eigenvalue weighted by Gasteiger charge is -2.03. The summed E-state index contributed by atoms with van der Waals surface area (Å²) >= 11 is 1.27. The normalized spacial score (nSPS) is 17.4. The maximum atomic E-state index is 12.1. The summed E-state index contributed by atoms with van der Waals surface area (Å²) in [5.41, 5.74) is -0.247. The number of ether oxygens (including phenoxy) is 2. The lowest BCUT2D eigenvalue weighted by molar-refractivity contribution is 0.102. The number of hydrogen-bond donors (Lipinski definition) is 2. The van der Waals surface area contributed by atoms with Gasteiger partial charge in [0.2, 0.25) is 10.6 Å². The number of nitrogens with one attached hydrogen (secondary N) is 2. The molecule has 3 heterocycles. The van der Waals surface area contributed by atoms with Crippen LogP contribution in [0.1, 0.15) is 34.4 Å². The molecule has 0 aliphatic carbocycles. The van der Waals surface area contributed by atoms with Crippen molar-refractivity contribution >= 4 is 22.4 Å². The highest BCUT2D eigenvalue weighted by Crippen LogP contribution is 2.31. The zero-order chi connectivity index (χ0) is 15.5. The molecule has 8 nitrogen and oxygen atoms in total. The number of carbonyl (C=O) groups is 1. The number of hydrogen-bond acceptors (Lipinski definition) is 7. The van der Waals surface area contributed by atoms with E-state index in [9.17, 15) is 9.59 Å². The second-order valence-corrected chi connectivity index (χ2v) is 5.69. The molecular formula is C13H14N4O4S. The van der Waals surface area contributed by atoms with E-state index in [1.165, 1.54) is 30.7 Å². The molecule has 0 radical (unpaired) electrons. The Balaban J connectivity index is 1.71. The third-order valence-electron chi connectivity index (χ3n) is 3.21. The van der Waals surface area contributed by atoms with Gasteiger partial charge in [-0.05, 0) is 12.8 Å². The number of aromatic amines is 1. The van der Waals surface area contributed by atoms with Gasteiger partial charge < -0.3 is 14.5 Å². The average molecular weight is 322 g/mol. The highest BCUT2D eigenvalue weighted by molar-refractivity contribution is 7.15. The monoisotopic (exact) mass is 322 g/mol. The Hall–Kier alpha value is -2.26. The molecule has 1 aliphatic rings. The fraction of sp³-hybridized carbons (Fsp3) is 0.385. The minimum atomic E-state index is -0.463. The van der Waals surface area contributed by atoms with Crippen molar-refractivity contribution in [1.82, 2.24) is 15.2 Å². The predicted octanol–water partition coefficient (Wildman–Crippen LogP) is 1.34. The van der Waals surface area contributed by atoms with Crippen LogP contribution >= 0.6 is 11.3 Å². The first kappa shape index (κ1) is 14.7. The number of anilines is 1. The van der Waals surface area contributed by atoms with Crippen LogP contribution in [0.3, 0.4) is 0 Å². The predicted molar refractivity (Wildman–Crippen MR) is 79.4 cm³/mol. The van der Waals surface area contributed by atoms with Crippen LogP contribution in [-0.4, -0.2) is 34.8 Å². The second-order valence-electron chi connectivity index (χ2n) is 4.68. The first-order valence-electron chi connectivity index (χ1n) is 6.70. The maximum absolute atomic E-state index is 12.1. The van der Waals surface area contributed by atoms with E-state index in [1.54, 1.807) is 0 Å². The fourth-order valence-electron chi connectivity index (χ4n) is 2.10. The first-order valence-corrected chi connectivity index (χ1v) is 7.52. The summed E-state index contributed by atoms with van der Waals surface area (Å²) in [5, 5.41) is 11.7. The van der Waals surface area contributed by atoms with Crippen LogP contribution in [0.15, 0.2) is 17.1 Å². The van der Waals surface area contributed by atoms with Crippen LogP contribution in [0.5, 0.6) is 5.75 Å². The zero-order valence-electron chi connectivity index (χ0n) is 11.8. The Morgan fingerprint density at radius 3 is 3.09 bits per heavy atom. The molecule has 3 rings (SSSR count). The molecule has 116 valence electrons. The van der Waals surface area contributed by atoms with Gasteiger partial charge in [-0.15, -0.1) is 10.2 Å². The summed E-state index contributed by atoms with van der Waals surface area (Å²) in [4.78, 5) is 26.4. The molecule has 2 aromatic heterocycles. The van der Waals surface area contributed by atoms with Crippen molar-refractivity contribution < 1.29 is 14.3 Å². The summed E-state index contributed by atoms with van der Waals surface area (Å²) < 4.78 is 10.4. The van der Waals surface area contributed by atoms with Gasteiger partial charge in [-0.25, -0.2) is 0 Å². The first-order chi connectivity index (χ1) is 10.7. The lowest BCUT2D eigenvalue weighted by atomic mass is 10.2. The molecule has 0 aromatic carbocycles. The van der Waals surface area contributed by atoms with Crippen LogP contribution < -0.4 is 15.5 Å². The summed E-state index contributed by atoms with van der Waals surface area (Å²) in [6, 6.07) is 1.18. The van der Waals surface area contributed by atoms with Gasteiger partial charge in [0.25, 0.3) is 5.91 Å².